The maximum Gasteiger partial charge on any atom is 0.177 e. The summed E-state index contributed by atoms with van der Waals surface area (Å²) in [5.74, 6) is 2.45. The van der Waals surface area contributed by atoms with Gasteiger partial charge in [-0.15, -0.1) is 0 Å². The molecule has 0 amide bonds. The van der Waals surface area contributed by atoms with Gasteiger partial charge in [-0.2, -0.15) is 0 Å². The normalized spacial score (nSPS) is 18.3. The van der Waals surface area contributed by atoms with Crippen LogP contribution in [0.25, 0.3) is 11.2 Å². The van der Waals surface area contributed by atoms with E-state index in [1.807, 2.05) is 6.07 Å². The maximum atomic E-state index is 4.53. The molecule has 0 aliphatic heterocycles. The molecule has 15 heavy (non-hydrogen) atoms. The van der Waals surface area contributed by atoms with Gasteiger partial charge in [0.2, 0.25) is 0 Å². The number of halogens is 1. The smallest absolute Gasteiger partial charge is 0.177 e. The van der Waals surface area contributed by atoms with Crippen molar-refractivity contribution >= 4 is 27.1 Å². The van der Waals surface area contributed by atoms with Gasteiger partial charge in [-0.3, -0.25) is 0 Å². The van der Waals surface area contributed by atoms with Crippen molar-refractivity contribution in [3.8, 4) is 0 Å². The maximum absolute atomic E-state index is 4.53. The third-order valence-corrected chi connectivity index (χ3v) is 3.52. The Morgan fingerprint density at radius 2 is 2.33 bits per heavy atom. The number of fused-ring (bicyclic) bond motifs is 1. The van der Waals surface area contributed by atoms with E-state index in [1.165, 1.54) is 12.8 Å². The summed E-state index contributed by atoms with van der Waals surface area (Å²) < 4.78 is 0.990. The average Bonchev–Trinajstić information content (AvgIpc) is 2.97. The number of rotatable bonds is 2. The summed E-state index contributed by atoms with van der Waals surface area (Å²) in [6, 6.07) is 2.03. The summed E-state index contributed by atoms with van der Waals surface area (Å²) in [5, 5.41) is 0. The van der Waals surface area contributed by atoms with Gasteiger partial charge in [0.1, 0.15) is 5.82 Å². The number of pyridine rings is 1. The Bertz CT molecular complexity index is 502. The lowest BCUT2D eigenvalue weighted by molar-refractivity contribution is 0.630. The summed E-state index contributed by atoms with van der Waals surface area (Å²) in [4.78, 5) is 12.2. The van der Waals surface area contributed by atoms with Gasteiger partial charge < -0.3 is 4.98 Å². The van der Waals surface area contributed by atoms with Gasteiger partial charge in [0, 0.05) is 16.6 Å². The molecule has 3 rings (SSSR count). The molecule has 1 aliphatic rings. The van der Waals surface area contributed by atoms with Crippen LogP contribution in [-0.2, 0) is 0 Å². The molecule has 2 heterocycles. The Hall–Kier alpha value is -0.900. The molecule has 0 saturated heterocycles. The van der Waals surface area contributed by atoms with Gasteiger partial charge in [-0.1, -0.05) is 6.92 Å². The monoisotopic (exact) mass is 265 g/mol. The molecule has 0 spiro atoms. The molecule has 78 valence electrons. The Morgan fingerprint density at radius 3 is 3.07 bits per heavy atom. The van der Waals surface area contributed by atoms with Crippen molar-refractivity contribution in [2.75, 3.05) is 0 Å². The lowest BCUT2D eigenvalue weighted by Crippen LogP contribution is -1.97. The number of nitrogens with zero attached hydrogens (tertiary/aromatic N) is 2. The van der Waals surface area contributed by atoms with Gasteiger partial charge in [0.05, 0.1) is 5.52 Å². The molecule has 1 unspecified atom stereocenters. The lowest BCUT2D eigenvalue weighted by Gasteiger charge is -2.03. The first-order valence-corrected chi connectivity index (χ1v) is 6.04. The standard InChI is InChI=1S/C11H12BrN3/c1-6(7-2-3-7)10-14-9-4-8(12)5-13-11(9)15-10/h4-7H,2-3H2,1H3,(H,13,14,15). The minimum absolute atomic E-state index is 0.540. The zero-order valence-electron chi connectivity index (χ0n) is 8.50. The first-order chi connectivity index (χ1) is 7.24. The van der Waals surface area contributed by atoms with Crippen LogP contribution in [0.3, 0.4) is 0 Å². The number of imidazole rings is 1. The Morgan fingerprint density at radius 1 is 1.53 bits per heavy atom. The Balaban J connectivity index is 2.05. The quantitative estimate of drug-likeness (QED) is 0.906. The van der Waals surface area contributed by atoms with E-state index < -0.39 is 0 Å². The van der Waals surface area contributed by atoms with Crippen molar-refractivity contribution in [2.24, 2.45) is 5.92 Å². The fourth-order valence-electron chi connectivity index (χ4n) is 1.93. The molecule has 2 aromatic rings. The topological polar surface area (TPSA) is 41.6 Å². The molecule has 4 heteroatoms. The van der Waals surface area contributed by atoms with Crippen molar-refractivity contribution in [1.82, 2.24) is 15.0 Å². The zero-order chi connectivity index (χ0) is 10.4. The summed E-state index contributed by atoms with van der Waals surface area (Å²) >= 11 is 3.41. The zero-order valence-corrected chi connectivity index (χ0v) is 10.1. The summed E-state index contributed by atoms with van der Waals surface area (Å²) in [6.07, 6.45) is 4.47. The average molecular weight is 266 g/mol. The van der Waals surface area contributed by atoms with E-state index in [-0.39, 0.29) is 0 Å². The van der Waals surface area contributed by atoms with Gasteiger partial charge in [0.15, 0.2) is 5.65 Å². The van der Waals surface area contributed by atoms with Crippen LogP contribution in [0, 0.1) is 5.92 Å². The van der Waals surface area contributed by atoms with Crippen LogP contribution in [0.1, 0.15) is 31.5 Å². The highest BCUT2D eigenvalue weighted by atomic mass is 79.9. The number of aromatic nitrogens is 3. The molecule has 0 aromatic carbocycles. The van der Waals surface area contributed by atoms with E-state index in [0.29, 0.717) is 5.92 Å². The Kier molecular flexibility index (Phi) is 2.06. The van der Waals surface area contributed by atoms with E-state index >= 15 is 0 Å². The molecule has 1 aliphatic carbocycles. The van der Waals surface area contributed by atoms with Crippen molar-refractivity contribution in [3.05, 3.63) is 22.6 Å². The highest BCUT2D eigenvalue weighted by molar-refractivity contribution is 9.10. The summed E-state index contributed by atoms with van der Waals surface area (Å²) in [5.41, 5.74) is 1.84. The molecule has 3 nitrogen and oxygen atoms in total. The molecule has 1 fully saturated rings. The molecule has 2 aromatic heterocycles. The fourth-order valence-corrected chi connectivity index (χ4v) is 2.26. The third kappa shape index (κ3) is 1.67. The van der Waals surface area contributed by atoms with Gasteiger partial charge in [-0.25, -0.2) is 9.97 Å². The second kappa shape index (κ2) is 3.30. The molecule has 1 N–H and O–H groups in total. The van der Waals surface area contributed by atoms with Crippen LogP contribution in [-0.4, -0.2) is 15.0 Å². The predicted molar refractivity (Wildman–Crippen MR) is 62.7 cm³/mol. The molecular weight excluding hydrogens is 254 g/mol. The van der Waals surface area contributed by atoms with Crippen LogP contribution in [0.15, 0.2) is 16.7 Å². The van der Waals surface area contributed by atoms with E-state index in [2.05, 4.69) is 37.8 Å². The minimum Gasteiger partial charge on any atom is -0.340 e. The summed E-state index contributed by atoms with van der Waals surface area (Å²) in [7, 11) is 0. The van der Waals surface area contributed by atoms with Crippen molar-refractivity contribution in [2.45, 2.75) is 25.7 Å². The molecule has 0 radical (unpaired) electrons. The van der Waals surface area contributed by atoms with Crippen LogP contribution in [0.5, 0.6) is 0 Å². The van der Waals surface area contributed by atoms with E-state index in [1.54, 1.807) is 6.20 Å². The first-order valence-electron chi connectivity index (χ1n) is 5.25. The second-order valence-corrected chi connectivity index (χ2v) is 5.19. The second-order valence-electron chi connectivity index (χ2n) is 4.27. The first kappa shape index (κ1) is 9.33. The van der Waals surface area contributed by atoms with E-state index in [4.69, 9.17) is 0 Å². The molecule has 1 saturated carbocycles. The minimum atomic E-state index is 0.540. The van der Waals surface area contributed by atoms with Gasteiger partial charge >= 0.3 is 0 Å². The number of hydrogen-bond donors (Lipinski definition) is 1. The van der Waals surface area contributed by atoms with Gasteiger partial charge in [0.25, 0.3) is 0 Å². The van der Waals surface area contributed by atoms with Crippen molar-refractivity contribution in [1.29, 1.82) is 0 Å². The predicted octanol–water partition coefficient (Wildman–Crippen LogP) is 3.23. The van der Waals surface area contributed by atoms with Crippen molar-refractivity contribution < 1.29 is 0 Å². The third-order valence-electron chi connectivity index (χ3n) is 3.08. The van der Waals surface area contributed by atoms with Crippen LogP contribution >= 0.6 is 15.9 Å². The van der Waals surface area contributed by atoms with Crippen LogP contribution in [0.2, 0.25) is 0 Å². The largest absolute Gasteiger partial charge is 0.340 e. The molecule has 1 atom stereocenters. The summed E-state index contributed by atoms with van der Waals surface area (Å²) in [6.45, 7) is 2.24. The van der Waals surface area contributed by atoms with Crippen LogP contribution in [0.4, 0.5) is 0 Å². The number of hydrogen-bond acceptors (Lipinski definition) is 2. The van der Waals surface area contributed by atoms with Crippen LogP contribution < -0.4 is 0 Å². The fraction of sp³-hybridized carbons (Fsp3) is 0.455. The number of aromatic amines is 1. The lowest BCUT2D eigenvalue weighted by atomic mass is 10.1. The molecular formula is C11H12BrN3. The van der Waals surface area contributed by atoms with E-state index in [9.17, 15) is 0 Å². The SMILES string of the molecule is CC(c1nc2ncc(Br)cc2[nH]1)C1CC1. The Labute approximate surface area is 96.4 Å². The van der Waals surface area contributed by atoms with Crippen molar-refractivity contribution in [3.63, 3.8) is 0 Å². The van der Waals surface area contributed by atoms with E-state index in [0.717, 1.165) is 27.4 Å². The van der Waals surface area contributed by atoms with Gasteiger partial charge in [-0.05, 0) is 40.8 Å². The highest BCUT2D eigenvalue weighted by Gasteiger charge is 2.30. The number of H-pyrrole nitrogens is 1. The molecule has 0 bridgehead atoms. The highest BCUT2D eigenvalue weighted by Crippen LogP contribution is 2.41. The number of nitrogens with one attached hydrogen (secondary N) is 1.